The molecule has 2 nitrogen and oxygen atoms in total. The number of unbranched alkanes of at least 4 members (excludes halogenated alkanes) is 3. The fourth-order valence-corrected chi connectivity index (χ4v) is 1.09. The maximum Gasteiger partial charge on any atom is 0.00998 e. The van der Waals surface area contributed by atoms with E-state index in [-0.39, 0.29) is 0 Å². The van der Waals surface area contributed by atoms with Crippen molar-refractivity contribution in [3.63, 3.8) is 0 Å². The third-order valence-electron chi connectivity index (χ3n) is 1.16. The molecule has 0 atom stereocenters. The largest absolute Gasteiger partial charge is 0.306 e. The highest BCUT2D eigenvalue weighted by molar-refractivity contribution is 7.97. The van der Waals surface area contributed by atoms with Gasteiger partial charge in [-0.05, 0) is 6.42 Å². The second-order valence-electron chi connectivity index (χ2n) is 2.00. The van der Waals surface area contributed by atoms with Gasteiger partial charge in [0.15, 0.2) is 0 Å². The van der Waals surface area contributed by atoms with Crippen LogP contribution >= 0.6 is 11.9 Å². The van der Waals surface area contributed by atoms with Crippen LogP contribution in [0.1, 0.15) is 32.6 Å². The van der Waals surface area contributed by atoms with Gasteiger partial charge in [0.1, 0.15) is 0 Å². The third kappa shape index (κ3) is 8.27. The predicted octanol–water partition coefficient (Wildman–Crippen LogP) is 2.19. The van der Waals surface area contributed by atoms with E-state index in [1.165, 1.54) is 37.6 Å². The van der Waals surface area contributed by atoms with Gasteiger partial charge in [0.2, 0.25) is 0 Å². The summed E-state index contributed by atoms with van der Waals surface area (Å²) in [6, 6.07) is 0. The molecule has 0 unspecified atom stereocenters. The second kappa shape index (κ2) is 8.27. The van der Waals surface area contributed by atoms with Gasteiger partial charge in [-0.1, -0.05) is 38.1 Å². The van der Waals surface area contributed by atoms with Gasteiger partial charge in [-0.2, -0.15) is 0 Å². The van der Waals surface area contributed by atoms with Crippen molar-refractivity contribution in [2.75, 3.05) is 5.75 Å². The van der Waals surface area contributed by atoms with Crippen molar-refractivity contribution in [3.8, 4) is 0 Å². The Hall–Kier alpha value is 0.270. The minimum Gasteiger partial charge on any atom is -0.306 e. The Labute approximate surface area is 61.1 Å². The van der Waals surface area contributed by atoms with E-state index in [0.717, 1.165) is 5.75 Å². The fourth-order valence-electron chi connectivity index (χ4n) is 0.647. The standard InChI is InChI=1S/C6H15NOS/c1-2-3-4-5-6-9-7-8/h7-8H,2-6H2,1H3. The summed E-state index contributed by atoms with van der Waals surface area (Å²) >= 11 is 1.36. The van der Waals surface area contributed by atoms with Gasteiger partial charge in [-0.3, -0.25) is 0 Å². The van der Waals surface area contributed by atoms with Crippen LogP contribution in [0.4, 0.5) is 0 Å². The maximum atomic E-state index is 8.14. The average Bonchev–Trinajstić information content (AvgIpc) is 1.89. The number of hydrogen-bond donors (Lipinski definition) is 2. The molecule has 0 aromatic carbocycles. The lowest BCUT2D eigenvalue weighted by Crippen LogP contribution is -1.94. The maximum absolute atomic E-state index is 8.14. The van der Waals surface area contributed by atoms with Crippen molar-refractivity contribution in [1.29, 1.82) is 0 Å². The summed E-state index contributed by atoms with van der Waals surface area (Å²) in [6.07, 6.45) is 5.07. The first-order chi connectivity index (χ1) is 4.41. The summed E-state index contributed by atoms with van der Waals surface area (Å²) in [5.41, 5.74) is 0. The van der Waals surface area contributed by atoms with E-state index < -0.39 is 0 Å². The van der Waals surface area contributed by atoms with Crippen LogP contribution < -0.4 is 4.89 Å². The lowest BCUT2D eigenvalue weighted by atomic mass is 10.2. The monoisotopic (exact) mass is 149 g/mol. The van der Waals surface area contributed by atoms with E-state index in [4.69, 9.17) is 5.21 Å². The molecule has 0 fully saturated rings. The summed E-state index contributed by atoms with van der Waals surface area (Å²) in [5, 5.41) is 8.14. The minimum atomic E-state index is 1.01. The Morgan fingerprint density at radius 1 is 1.33 bits per heavy atom. The van der Waals surface area contributed by atoms with Crippen molar-refractivity contribution in [1.82, 2.24) is 4.89 Å². The lowest BCUT2D eigenvalue weighted by Gasteiger charge is -1.96. The van der Waals surface area contributed by atoms with Gasteiger partial charge in [-0.15, -0.1) is 4.89 Å². The molecule has 56 valence electrons. The molecule has 0 heterocycles. The van der Waals surface area contributed by atoms with E-state index in [0.29, 0.717) is 0 Å². The van der Waals surface area contributed by atoms with Crippen molar-refractivity contribution < 1.29 is 5.21 Å². The van der Waals surface area contributed by atoms with Gasteiger partial charge in [0, 0.05) is 5.75 Å². The van der Waals surface area contributed by atoms with Crippen molar-refractivity contribution in [2.24, 2.45) is 0 Å². The first-order valence-electron chi connectivity index (χ1n) is 3.42. The molecule has 3 heteroatoms. The molecule has 0 radical (unpaired) electrons. The summed E-state index contributed by atoms with van der Waals surface area (Å²) in [7, 11) is 0. The van der Waals surface area contributed by atoms with Crippen molar-refractivity contribution in [3.05, 3.63) is 0 Å². The zero-order chi connectivity index (χ0) is 6.95. The molecule has 0 amide bonds. The molecule has 2 N–H and O–H groups in total. The Morgan fingerprint density at radius 2 is 2.11 bits per heavy atom. The summed E-state index contributed by atoms with van der Waals surface area (Å²) in [6.45, 7) is 2.19. The second-order valence-corrected chi connectivity index (χ2v) is 2.88. The Kier molecular flexibility index (Phi) is 8.52. The highest BCUT2D eigenvalue weighted by atomic mass is 32.2. The van der Waals surface area contributed by atoms with E-state index in [1.54, 1.807) is 0 Å². The normalized spacial score (nSPS) is 10.0. The number of nitrogens with one attached hydrogen (secondary N) is 1. The van der Waals surface area contributed by atoms with Gasteiger partial charge < -0.3 is 5.21 Å². The molecule has 0 aromatic heterocycles. The summed E-state index contributed by atoms with van der Waals surface area (Å²) in [5.74, 6) is 1.01. The molecule has 0 bridgehead atoms. The first-order valence-corrected chi connectivity index (χ1v) is 4.41. The molecule has 0 aromatic rings. The van der Waals surface area contributed by atoms with E-state index >= 15 is 0 Å². The molecule has 0 saturated carbocycles. The van der Waals surface area contributed by atoms with E-state index in [9.17, 15) is 0 Å². The Balaban J connectivity index is 2.60. The van der Waals surface area contributed by atoms with E-state index in [2.05, 4.69) is 11.8 Å². The smallest absolute Gasteiger partial charge is 0.00998 e. The molecule has 0 spiro atoms. The minimum absolute atomic E-state index is 1.01. The Morgan fingerprint density at radius 3 is 2.67 bits per heavy atom. The van der Waals surface area contributed by atoms with Crippen LogP contribution in [0.3, 0.4) is 0 Å². The molecule has 0 rings (SSSR count). The highest BCUT2D eigenvalue weighted by Crippen LogP contribution is 2.02. The van der Waals surface area contributed by atoms with Gasteiger partial charge in [0.25, 0.3) is 0 Å². The van der Waals surface area contributed by atoms with Gasteiger partial charge >= 0.3 is 0 Å². The van der Waals surface area contributed by atoms with Crippen LogP contribution in [-0.4, -0.2) is 11.0 Å². The molecule has 0 aliphatic heterocycles. The molecule has 0 aliphatic rings. The predicted molar refractivity (Wildman–Crippen MR) is 41.5 cm³/mol. The number of rotatable bonds is 6. The average molecular weight is 149 g/mol. The van der Waals surface area contributed by atoms with Crippen LogP contribution in [0.5, 0.6) is 0 Å². The van der Waals surface area contributed by atoms with Crippen LogP contribution in [-0.2, 0) is 0 Å². The molecular formula is C6H15NOS. The molecule has 0 aliphatic carbocycles. The van der Waals surface area contributed by atoms with Gasteiger partial charge in [-0.25, -0.2) is 0 Å². The van der Waals surface area contributed by atoms with Crippen LogP contribution in [0.2, 0.25) is 0 Å². The van der Waals surface area contributed by atoms with Crippen LogP contribution in [0, 0.1) is 0 Å². The SMILES string of the molecule is CCCCCCSNO. The Bertz CT molecular complexity index is 46.3. The van der Waals surface area contributed by atoms with E-state index in [1.807, 2.05) is 0 Å². The molecular weight excluding hydrogens is 134 g/mol. The highest BCUT2D eigenvalue weighted by Gasteiger charge is 1.86. The van der Waals surface area contributed by atoms with Crippen LogP contribution in [0.15, 0.2) is 0 Å². The molecule has 0 saturated heterocycles. The molecule has 9 heavy (non-hydrogen) atoms. The fraction of sp³-hybridized carbons (Fsp3) is 1.00. The zero-order valence-electron chi connectivity index (χ0n) is 5.89. The quantitative estimate of drug-likeness (QED) is 0.345. The van der Waals surface area contributed by atoms with Crippen molar-refractivity contribution in [2.45, 2.75) is 32.6 Å². The van der Waals surface area contributed by atoms with Crippen molar-refractivity contribution >= 4 is 11.9 Å². The first kappa shape index (κ1) is 9.27. The third-order valence-corrected chi connectivity index (χ3v) is 1.79. The van der Waals surface area contributed by atoms with Gasteiger partial charge in [0.05, 0.1) is 0 Å². The summed E-state index contributed by atoms with van der Waals surface area (Å²) < 4.78 is 0. The summed E-state index contributed by atoms with van der Waals surface area (Å²) in [4.78, 5) is 2.06. The number of hydrogen-bond acceptors (Lipinski definition) is 3. The van der Waals surface area contributed by atoms with Crippen LogP contribution in [0.25, 0.3) is 0 Å². The zero-order valence-corrected chi connectivity index (χ0v) is 6.71. The lowest BCUT2D eigenvalue weighted by molar-refractivity contribution is 0.258. The topological polar surface area (TPSA) is 32.3 Å².